The topological polar surface area (TPSA) is 56.7 Å². The number of halogens is 1. The normalized spacial score (nSPS) is 21.1. The lowest BCUT2D eigenvalue weighted by molar-refractivity contribution is -0.127. The largest absolute Gasteiger partial charge is 0.354 e. The number of guanidine groups is 1. The lowest BCUT2D eigenvalue weighted by Gasteiger charge is -2.30. The second kappa shape index (κ2) is 12.9. The summed E-state index contributed by atoms with van der Waals surface area (Å²) in [6, 6.07) is 0.434. The van der Waals surface area contributed by atoms with E-state index in [0.717, 1.165) is 18.1 Å². The number of rotatable bonds is 7. The monoisotopic (exact) mass is 454 g/mol. The minimum atomic E-state index is 0. The Bertz CT molecular complexity index is 388. The molecule has 1 aliphatic carbocycles. The molecular formula is C16H31IN4OS. The van der Waals surface area contributed by atoms with Crippen molar-refractivity contribution in [3.8, 4) is 0 Å². The van der Waals surface area contributed by atoms with Crippen LogP contribution in [0.25, 0.3) is 0 Å². The van der Waals surface area contributed by atoms with Gasteiger partial charge in [0.2, 0.25) is 5.91 Å². The molecule has 0 aromatic carbocycles. The van der Waals surface area contributed by atoms with Gasteiger partial charge in [0.1, 0.15) is 6.54 Å². The summed E-state index contributed by atoms with van der Waals surface area (Å²) < 4.78 is 0. The summed E-state index contributed by atoms with van der Waals surface area (Å²) in [4.78, 5) is 17.6. The molecule has 1 rings (SSSR count). The third kappa shape index (κ3) is 9.44. The van der Waals surface area contributed by atoms with Gasteiger partial charge in [0.05, 0.1) is 0 Å². The van der Waals surface area contributed by atoms with Crippen molar-refractivity contribution >= 4 is 47.6 Å². The van der Waals surface area contributed by atoms with E-state index < -0.39 is 0 Å². The van der Waals surface area contributed by atoms with Gasteiger partial charge < -0.3 is 15.5 Å². The Labute approximate surface area is 162 Å². The van der Waals surface area contributed by atoms with Gasteiger partial charge in [0.15, 0.2) is 5.96 Å². The summed E-state index contributed by atoms with van der Waals surface area (Å²) in [6.07, 6.45) is 6.68. The van der Waals surface area contributed by atoms with Crippen molar-refractivity contribution in [1.29, 1.82) is 0 Å². The molecule has 2 atom stereocenters. The van der Waals surface area contributed by atoms with Gasteiger partial charge in [-0.3, -0.25) is 4.79 Å². The number of hydrogen-bond acceptors (Lipinski definition) is 3. The molecule has 1 saturated carbocycles. The van der Waals surface area contributed by atoms with Gasteiger partial charge in [-0.1, -0.05) is 19.4 Å². The molecule has 7 heteroatoms. The summed E-state index contributed by atoms with van der Waals surface area (Å²) in [7, 11) is 3.49. The van der Waals surface area contributed by atoms with Gasteiger partial charge in [-0.2, -0.15) is 11.8 Å². The van der Waals surface area contributed by atoms with E-state index in [1.807, 2.05) is 11.8 Å². The van der Waals surface area contributed by atoms with Crippen molar-refractivity contribution in [3.05, 3.63) is 12.7 Å². The molecule has 134 valence electrons. The van der Waals surface area contributed by atoms with E-state index in [2.05, 4.69) is 29.1 Å². The minimum Gasteiger partial charge on any atom is -0.354 e. The first-order valence-electron chi connectivity index (χ1n) is 8.04. The Balaban J connectivity index is 0.00000484. The molecule has 5 nitrogen and oxygen atoms in total. The van der Waals surface area contributed by atoms with E-state index in [0.29, 0.717) is 18.5 Å². The van der Waals surface area contributed by atoms with Crippen molar-refractivity contribution in [3.63, 3.8) is 0 Å². The molecule has 0 spiro atoms. The van der Waals surface area contributed by atoms with Crippen LogP contribution in [0.2, 0.25) is 0 Å². The molecule has 0 aliphatic heterocycles. The fourth-order valence-corrected chi connectivity index (χ4v) is 3.64. The van der Waals surface area contributed by atoms with Crippen LogP contribution in [0.3, 0.4) is 0 Å². The fourth-order valence-electron chi connectivity index (χ4n) is 2.47. The number of amides is 1. The van der Waals surface area contributed by atoms with Crippen molar-refractivity contribution in [2.75, 3.05) is 32.9 Å². The predicted molar refractivity (Wildman–Crippen MR) is 112 cm³/mol. The summed E-state index contributed by atoms with van der Waals surface area (Å²) in [5.41, 5.74) is 0. The van der Waals surface area contributed by atoms with Gasteiger partial charge in [0.25, 0.3) is 0 Å². The van der Waals surface area contributed by atoms with Gasteiger partial charge in [-0.05, 0) is 25.0 Å². The van der Waals surface area contributed by atoms with Crippen LogP contribution in [0.4, 0.5) is 0 Å². The molecule has 0 heterocycles. The molecule has 1 amide bonds. The van der Waals surface area contributed by atoms with Gasteiger partial charge in [-0.25, -0.2) is 4.99 Å². The average molecular weight is 454 g/mol. The van der Waals surface area contributed by atoms with Crippen LogP contribution >= 0.6 is 35.7 Å². The van der Waals surface area contributed by atoms with Crippen LogP contribution in [0.15, 0.2) is 17.6 Å². The lowest BCUT2D eigenvalue weighted by atomic mass is 9.95. The van der Waals surface area contributed by atoms with Crippen LogP contribution in [0.5, 0.6) is 0 Å². The zero-order valence-electron chi connectivity index (χ0n) is 14.5. The van der Waals surface area contributed by atoms with Gasteiger partial charge >= 0.3 is 0 Å². The Morgan fingerprint density at radius 2 is 2.17 bits per heavy atom. The second-order valence-corrected chi connectivity index (χ2v) is 7.29. The van der Waals surface area contributed by atoms with E-state index in [-0.39, 0.29) is 36.4 Å². The van der Waals surface area contributed by atoms with Crippen molar-refractivity contribution < 1.29 is 4.79 Å². The highest BCUT2D eigenvalue weighted by Crippen LogP contribution is 2.28. The third-order valence-corrected chi connectivity index (χ3v) is 4.89. The van der Waals surface area contributed by atoms with Gasteiger partial charge in [-0.15, -0.1) is 30.6 Å². The predicted octanol–water partition coefficient (Wildman–Crippen LogP) is 2.48. The summed E-state index contributed by atoms with van der Waals surface area (Å²) >= 11 is 2.05. The zero-order valence-corrected chi connectivity index (χ0v) is 17.7. The van der Waals surface area contributed by atoms with Crippen molar-refractivity contribution in [2.45, 2.75) is 43.9 Å². The lowest BCUT2D eigenvalue weighted by Crippen LogP contribution is -2.46. The molecular weight excluding hydrogens is 423 g/mol. The maximum Gasteiger partial charge on any atom is 0.243 e. The molecule has 0 aromatic heterocycles. The smallest absolute Gasteiger partial charge is 0.243 e. The minimum absolute atomic E-state index is 0. The fraction of sp³-hybridized carbons (Fsp3) is 0.750. The standard InChI is InChI=1S/C16H30N4OS.HI/c1-5-10-17-16(18-12-15(21)20(3)4)19-13-8-7-9-14(11-13)22-6-2;/h5,13-14H,1,6-12H2,2-4H3,(H2,17,18,19);1H. The van der Waals surface area contributed by atoms with E-state index in [4.69, 9.17) is 0 Å². The maximum absolute atomic E-state index is 11.7. The molecule has 2 unspecified atom stereocenters. The molecule has 1 aliphatic rings. The number of aliphatic imine (C=N–C) groups is 1. The van der Waals surface area contributed by atoms with Crippen LogP contribution < -0.4 is 10.6 Å². The molecule has 0 radical (unpaired) electrons. The quantitative estimate of drug-likeness (QED) is 0.269. The van der Waals surface area contributed by atoms with E-state index in [1.165, 1.54) is 18.6 Å². The second-order valence-electron chi connectivity index (χ2n) is 5.71. The Morgan fingerprint density at radius 3 is 2.78 bits per heavy atom. The highest BCUT2D eigenvalue weighted by atomic mass is 127. The Morgan fingerprint density at radius 1 is 1.43 bits per heavy atom. The number of hydrogen-bond donors (Lipinski definition) is 2. The van der Waals surface area contributed by atoms with Crippen LogP contribution in [0.1, 0.15) is 32.6 Å². The number of carbonyl (C=O) groups excluding carboxylic acids is 1. The number of carbonyl (C=O) groups is 1. The van der Waals surface area contributed by atoms with E-state index >= 15 is 0 Å². The molecule has 23 heavy (non-hydrogen) atoms. The highest BCUT2D eigenvalue weighted by Gasteiger charge is 2.22. The Hall–Kier alpha value is -0.440. The summed E-state index contributed by atoms with van der Waals surface area (Å²) in [5, 5.41) is 7.42. The molecule has 0 saturated heterocycles. The first-order valence-corrected chi connectivity index (χ1v) is 9.09. The first kappa shape index (κ1) is 22.6. The van der Waals surface area contributed by atoms with E-state index in [9.17, 15) is 4.79 Å². The van der Waals surface area contributed by atoms with Gasteiger partial charge in [0, 0.05) is 31.9 Å². The third-order valence-electron chi connectivity index (χ3n) is 3.65. The van der Waals surface area contributed by atoms with Crippen LogP contribution in [-0.2, 0) is 4.79 Å². The SMILES string of the molecule is C=CCNC(=NCC(=O)N(C)C)NC1CCCC(SCC)C1.I. The average Bonchev–Trinajstić information content (AvgIpc) is 2.50. The number of nitrogens with zero attached hydrogens (tertiary/aromatic N) is 2. The van der Waals surface area contributed by atoms with Crippen molar-refractivity contribution in [2.24, 2.45) is 4.99 Å². The molecule has 0 aromatic rings. The summed E-state index contributed by atoms with van der Waals surface area (Å²) in [5.74, 6) is 1.88. The maximum atomic E-state index is 11.7. The molecule has 2 N–H and O–H groups in total. The number of nitrogens with one attached hydrogen (secondary N) is 2. The van der Waals surface area contributed by atoms with Crippen LogP contribution in [0, 0.1) is 0 Å². The van der Waals surface area contributed by atoms with Crippen molar-refractivity contribution in [1.82, 2.24) is 15.5 Å². The zero-order chi connectivity index (χ0) is 16.4. The van der Waals surface area contributed by atoms with Crippen LogP contribution in [-0.4, -0.2) is 61.0 Å². The Kier molecular flexibility index (Phi) is 12.7. The summed E-state index contributed by atoms with van der Waals surface area (Å²) in [6.45, 7) is 6.74. The number of thioether (sulfide) groups is 1. The van der Waals surface area contributed by atoms with E-state index in [1.54, 1.807) is 25.1 Å². The highest BCUT2D eigenvalue weighted by molar-refractivity contribution is 14.0. The first-order chi connectivity index (χ1) is 10.6. The molecule has 1 fully saturated rings. The molecule has 0 bridgehead atoms. The number of likely N-dealkylation sites (N-methyl/N-ethyl adjacent to an activating group) is 1.